The highest BCUT2D eigenvalue weighted by molar-refractivity contribution is 5.97. The van der Waals surface area contributed by atoms with Crippen molar-refractivity contribution in [2.45, 2.75) is 37.4 Å². The number of ether oxygens (including phenoxy) is 2. The van der Waals surface area contributed by atoms with E-state index in [2.05, 4.69) is 0 Å². The topological polar surface area (TPSA) is 59.0 Å². The maximum atomic E-state index is 12.7. The van der Waals surface area contributed by atoms with Crippen LogP contribution in [-0.4, -0.2) is 54.4 Å². The van der Waals surface area contributed by atoms with Crippen molar-refractivity contribution in [2.24, 2.45) is 0 Å². The fourth-order valence-corrected chi connectivity index (χ4v) is 3.47. The third kappa shape index (κ3) is 2.71. The maximum Gasteiger partial charge on any atom is 0.257 e. The Bertz CT molecular complexity index is 537. The molecule has 0 radical (unpaired) electrons. The van der Waals surface area contributed by atoms with E-state index in [4.69, 9.17) is 9.47 Å². The van der Waals surface area contributed by atoms with Gasteiger partial charge in [0.25, 0.3) is 5.91 Å². The SMILES string of the molecule is COc1ccccc1C(=O)N1CCC2(CC1)OCCCC2O. The van der Waals surface area contributed by atoms with Gasteiger partial charge < -0.3 is 19.5 Å². The molecule has 1 aromatic carbocycles. The molecule has 5 heteroatoms. The van der Waals surface area contributed by atoms with Crippen LogP contribution in [0, 0.1) is 0 Å². The van der Waals surface area contributed by atoms with Crippen LogP contribution >= 0.6 is 0 Å². The molecular formula is C17H23NO4. The lowest BCUT2D eigenvalue weighted by Gasteiger charge is -2.46. The van der Waals surface area contributed by atoms with Crippen LogP contribution in [0.4, 0.5) is 0 Å². The van der Waals surface area contributed by atoms with E-state index >= 15 is 0 Å². The Morgan fingerprint density at radius 1 is 1.36 bits per heavy atom. The number of piperidine rings is 1. The molecule has 1 spiro atoms. The summed E-state index contributed by atoms with van der Waals surface area (Å²) in [5.41, 5.74) is 0.140. The summed E-state index contributed by atoms with van der Waals surface area (Å²) in [5, 5.41) is 10.3. The van der Waals surface area contributed by atoms with E-state index in [0.717, 1.165) is 12.8 Å². The molecule has 0 aliphatic carbocycles. The normalized spacial score (nSPS) is 24.3. The molecule has 2 heterocycles. The molecule has 22 heavy (non-hydrogen) atoms. The number of para-hydroxylation sites is 1. The number of aliphatic hydroxyl groups is 1. The Morgan fingerprint density at radius 3 is 2.77 bits per heavy atom. The van der Waals surface area contributed by atoms with Crippen LogP contribution in [0.15, 0.2) is 24.3 Å². The summed E-state index contributed by atoms with van der Waals surface area (Å²) >= 11 is 0. The first-order chi connectivity index (χ1) is 10.7. The molecule has 0 aromatic heterocycles. The molecule has 1 atom stereocenters. The van der Waals surface area contributed by atoms with Crippen LogP contribution in [-0.2, 0) is 4.74 Å². The van der Waals surface area contributed by atoms with E-state index in [9.17, 15) is 9.90 Å². The zero-order valence-corrected chi connectivity index (χ0v) is 13.0. The Labute approximate surface area is 130 Å². The van der Waals surface area contributed by atoms with Gasteiger partial charge in [0.15, 0.2) is 0 Å². The largest absolute Gasteiger partial charge is 0.496 e. The zero-order chi connectivity index (χ0) is 15.6. The molecule has 1 N–H and O–H groups in total. The summed E-state index contributed by atoms with van der Waals surface area (Å²) in [4.78, 5) is 14.5. The van der Waals surface area contributed by atoms with Crippen LogP contribution in [0.1, 0.15) is 36.0 Å². The predicted octanol–water partition coefficient (Wildman–Crippen LogP) is 1.84. The number of hydrogen-bond acceptors (Lipinski definition) is 4. The van der Waals surface area contributed by atoms with Crippen molar-refractivity contribution in [3.05, 3.63) is 29.8 Å². The second-order valence-corrected chi connectivity index (χ2v) is 6.06. The first-order valence-corrected chi connectivity index (χ1v) is 7.90. The number of nitrogens with zero attached hydrogens (tertiary/aromatic N) is 1. The number of aliphatic hydroxyl groups excluding tert-OH is 1. The molecule has 1 unspecified atom stereocenters. The van der Waals surface area contributed by atoms with E-state index in [1.165, 1.54) is 0 Å². The average Bonchev–Trinajstić information content (AvgIpc) is 2.58. The Kier molecular flexibility index (Phi) is 4.36. The van der Waals surface area contributed by atoms with Gasteiger partial charge in [-0.3, -0.25) is 4.79 Å². The molecular weight excluding hydrogens is 282 g/mol. The number of amides is 1. The lowest BCUT2D eigenvalue weighted by Crippen LogP contribution is -2.56. The molecule has 2 saturated heterocycles. The zero-order valence-electron chi connectivity index (χ0n) is 13.0. The third-order valence-corrected chi connectivity index (χ3v) is 4.85. The summed E-state index contributed by atoms with van der Waals surface area (Å²) in [6.07, 6.45) is 2.67. The Balaban J connectivity index is 1.69. The van der Waals surface area contributed by atoms with Gasteiger partial charge in [0.2, 0.25) is 0 Å². The molecule has 1 amide bonds. The number of hydrogen-bond donors (Lipinski definition) is 1. The smallest absolute Gasteiger partial charge is 0.257 e. The van der Waals surface area contributed by atoms with E-state index < -0.39 is 11.7 Å². The van der Waals surface area contributed by atoms with Crippen LogP contribution < -0.4 is 4.74 Å². The van der Waals surface area contributed by atoms with Crippen molar-refractivity contribution in [1.29, 1.82) is 0 Å². The summed E-state index contributed by atoms with van der Waals surface area (Å²) in [5.74, 6) is 0.583. The van der Waals surface area contributed by atoms with Crippen molar-refractivity contribution < 1.29 is 19.4 Å². The Hall–Kier alpha value is -1.59. The standard InChI is InChI=1S/C17H23NO4/c1-21-14-6-3-2-5-13(14)16(20)18-10-8-17(9-11-18)15(19)7-4-12-22-17/h2-3,5-6,15,19H,4,7-12H2,1H3. The van der Waals surface area contributed by atoms with Gasteiger partial charge >= 0.3 is 0 Å². The van der Waals surface area contributed by atoms with E-state index in [1.54, 1.807) is 19.2 Å². The lowest BCUT2D eigenvalue weighted by atomic mass is 9.82. The van der Waals surface area contributed by atoms with Gasteiger partial charge in [-0.15, -0.1) is 0 Å². The van der Waals surface area contributed by atoms with Crippen molar-refractivity contribution in [1.82, 2.24) is 4.90 Å². The molecule has 2 aliphatic heterocycles. The molecule has 5 nitrogen and oxygen atoms in total. The minimum Gasteiger partial charge on any atom is -0.496 e. The fraction of sp³-hybridized carbons (Fsp3) is 0.588. The van der Waals surface area contributed by atoms with E-state index in [1.807, 2.05) is 17.0 Å². The Morgan fingerprint density at radius 2 is 2.09 bits per heavy atom. The van der Waals surface area contributed by atoms with Crippen molar-refractivity contribution >= 4 is 5.91 Å². The highest BCUT2D eigenvalue weighted by Crippen LogP contribution is 2.35. The monoisotopic (exact) mass is 305 g/mol. The third-order valence-electron chi connectivity index (χ3n) is 4.85. The summed E-state index contributed by atoms with van der Waals surface area (Å²) in [6, 6.07) is 7.28. The summed E-state index contributed by atoms with van der Waals surface area (Å²) in [6.45, 7) is 1.92. The fourth-order valence-electron chi connectivity index (χ4n) is 3.47. The van der Waals surface area contributed by atoms with Gasteiger partial charge in [-0.25, -0.2) is 0 Å². The van der Waals surface area contributed by atoms with Crippen molar-refractivity contribution in [3.8, 4) is 5.75 Å². The predicted molar refractivity (Wildman–Crippen MR) is 82.1 cm³/mol. The number of methoxy groups -OCH3 is 1. The first kappa shape index (κ1) is 15.3. The summed E-state index contributed by atoms with van der Waals surface area (Å²) in [7, 11) is 1.57. The van der Waals surface area contributed by atoms with Crippen LogP contribution in [0.3, 0.4) is 0 Å². The first-order valence-electron chi connectivity index (χ1n) is 7.90. The van der Waals surface area contributed by atoms with E-state index in [0.29, 0.717) is 43.9 Å². The van der Waals surface area contributed by atoms with Crippen molar-refractivity contribution in [3.63, 3.8) is 0 Å². The van der Waals surface area contributed by atoms with Gasteiger partial charge in [-0.2, -0.15) is 0 Å². The number of likely N-dealkylation sites (tertiary alicyclic amines) is 1. The minimum absolute atomic E-state index is 0.0161. The van der Waals surface area contributed by atoms with Gasteiger partial charge in [0.05, 0.1) is 24.4 Å². The van der Waals surface area contributed by atoms with Crippen LogP contribution in [0.25, 0.3) is 0 Å². The summed E-state index contributed by atoms with van der Waals surface area (Å²) < 4.78 is 11.2. The molecule has 120 valence electrons. The van der Waals surface area contributed by atoms with Gasteiger partial charge in [-0.1, -0.05) is 12.1 Å². The highest BCUT2D eigenvalue weighted by Gasteiger charge is 2.44. The molecule has 2 fully saturated rings. The number of benzene rings is 1. The van der Waals surface area contributed by atoms with E-state index in [-0.39, 0.29) is 5.91 Å². The highest BCUT2D eigenvalue weighted by atomic mass is 16.5. The van der Waals surface area contributed by atoms with Crippen molar-refractivity contribution in [2.75, 3.05) is 26.8 Å². The van der Waals surface area contributed by atoms with Gasteiger partial charge in [0, 0.05) is 19.7 Å². The molecule has 0 bridgehead atoms. The number of carbonyl (C=O) groups is 1. The maximum absolute atomic E-state index is 12.7. The molecule has 1 aromatic rings. The van der Waals surface area contributed by atoms with Gasteiger partial charge in [0.1, 0.15) is 5.75 Å². The second kappa shape index (κ2) is 6.26. The average molecular weight is 305 g/mol. The van der Waals surface area contributed by atoms with Crippen LogP contribution in [0.5, 0.6) is 5.75 Å². The van der Waals surface area contributed by atoms with Gasteiger partial charge in [-0.05, 0) is 37.8 Å². The molecule has 3 rings (SSSR count). The number of carbonyl (C=O) groups excluding carboxylic acids is 1. The molecule has 0 saturated carbocycles. The minimum atomic E-state index is -0.449. The van der Waals surface area contributed by atoms with Crippen LogP contribution in [0.2, 0.25) is 0 Å². The molecule has 2 aliphatic rings. The quantitative estimate of drug-likeness (QED) is 0.906. The number of rotatable bonds is 2. The second-order valence-electron chi connectivity index (χ2n) is 6.06. The lowest BCUT2D eigenvalue weighted by molar-refractivity contribution is -0.174.